The summed E-state index contributed by atoms with van der Waals surface area (Å²) in [5.41, 5.74) is 5.12. The number of thiophene rings is 1. The Bertz CT molecular complexity index is 1150. The van der Waals surface area contributed by atoms with Gasteiger partial charge in [0.15, 0.2) is 0 Å². The van der Waals surface area contributed by atoms with Gasteiger partial charge in [0.05, 0.1) is 34.5 Å². The third-order valence-corrected chi connectivity index (χ3v) is 5.81. The number of hydrogen-bond acceptors (Lipinski definition) is 6. The van der Waals surface area contributed by atoms with Crippen LogP contribution in [0.1, 0.15) is 26.4 Å². The summed E-state index contributed by atoms with van der Waals surface area (Å²) in [5.74, 6) is -0.652. The molecule has 7 heteroatoms. The van der Waals surface area contributed by atoms with E-state index in [0.29, 0.717) is 16.8 Å². The average Bonchev–Trinajstić information content (AvgIpc) is 3.39. The summed E-state index contributed by atoms with van der Waals surface area (Å²) in [6, 6.07) is 17.2. The molecule has 31 heavy (non-hydrogen) atoms. The summed E-state index contributed by atoms with van der Waals surface area (Å²) in [5, 5.41) is 8.31. The van der Waals surface area contributed by atoms with Crippen LogP contribution in [0.25, 0.3) is 11.3 Å². The molecule has 4 rings (SSSR count). The van der Waals surface area contributed by atoms with Crippen molar-refractivity contribution in [2.24, 2.45) is 0 Å². The Labute approximate surface area is 185 Å². The molecule has 0 atom stereocenters. The van der Waals surface area contributed by atoms with Crippen molar-refractivity contribution in [1.29, 1.82) is 0 Å². The van der Waals surface area contributed by atoms with Gasteiger partial charge in [0.25, 0.3) is 5.91 Å². The van der Waals surface area contributed by atoms with Crippen molar-refractivity contribution in [1.82, 2.24) is 4.90 Å². The number of rotatable bonds is 6. The van der Waals surface area contributed by atoms with Crippen LogP contribution in [0.15, 0.2) is 60.0 Å². The Balaban J connectivity index is 1.75. The molecular formula is C24H23N3O3S. The second-order valence-corrected chi connectivity index (χ2v) is 8.44. The van der Waals surface area contributed by atoms with Crippen LogP contribution in [0.2, 0.25) is 0 Å². The second kappa shape index (κ2) is 8.75. The minimum atomic E-state index is -0.441. The second-order valence-electron chi connectivity index (χ2n) is 7.49. The summed E-state index contributed by atoms with van der Waals surface area (Å²) in [4.78, 5) is 27.9. The van der Waals surface area contributed by atoms with E-state index in [-0.39, 0.29) is 5.91 Å². The molecule has 1 aromatic heterocycles. The first-order valence-electron chi connectivity index (χ1n) is 9.79. The molecule has 3 aromatic rings. The third kappa shape index (κ3) is 4.38. The number of carbonyl (C=O) groups is 2. The molecule has 2 heterocycles. The molecule has 0 saturated heterocycles. The fourth-order valence-corrected chi connectivity index (χ4v) is 4.27. The van der Waals surface area contributed by atoms with Crippen LogP contribution in [0, 0.1) is 0 Å². The number of nitrogens with zero attached hydrogens (tertiary/aromatic N) is 1. The van der Waals surface area contributed by atoms with Crippen LogP contribution in [0.4, 0.5) is 11.4 Å². The zero-order valence-electron chi connectivity index (χ0n) is 17.6. The lowest BCUT2D eigenvalue weighted by Crippen LogP contribution is -2.11. The molecule has 2 aromatic carbocycles. The fraction of sp³-hybridized carbons (Fsp3) is 0.167. The molecule has 1 amide bonds. The molecule has 0 fully saturated rings. The van der Waals surface area contributed by atoms with E-state index in [2.05, 4.69) is 27.7 Å². The van der Waals surface area contributed by atoms with E-state index >= 15 is 0 Å². The van der Waals surface area contributed by atoms with Gasteiger partial charge in [-0.2, -0.15) is 0 Å². The first kappa shape index (κ1) is 20.8. The van der Waals surface area contributed by atoms with Gasteiger partial charge < -0.3 is 20.3 Å². The number of benzene rings is 2. The van der Waals surface area contributed by atoms with Crippen molar-refractivity contribution < 1.29 is 14.3 Å². The Morgan fingerprint density at radius 1 is 1.13 bits per heavy atom. The number of anilines is 2. The molecule has 0 radical (unpaired) electrons. The van der Waals surface area contributed by atoms with Crippen molar-refractivity contribution in [3.05, 3.63) is 81.5 Å². The number of fused-ring (bicyclic) bond motifs is 1. The molecule has 0 saturated carbocycles. The first-order chi connectivity index (χ1) is 15.0. The number of carbonyl (C=O) groups excluding carboxylic acids is 2. The van der Waals surface area contributed by atoms with Crippen molar-refractivity contribution in [2.45, 2.75) is 6.54 Å². The highest BCUT2D eigenvalue weighted by molar-refractivity contribution is 7.11. The molecule has 1 aliphatic heterocycles. The number of esters is 1. The van der Waals surface area contributed by atoms with E-state index in [9.17, 15) is 9.59 Å². The average molecular weight is 434 g/mol. The van der Waals surface area contributed by atoms with E-state index in [1.54, 1.807) is 29.5 Å². The summed E-state index contributed by atoms with van der Waals surface area (Å²) < 4.78 is 4.79. The number of methoxy groups -OCH3 is 1. The lowest BCUT2D eigenvalue weighted by atomic mass is 10.0. The highest BCUT2D eigenvalue weighted by Crippen LogP contribution is 2.39. The zero-order chi connectivity index (χ0) is 22.0. The molecule has 0 bridgehead atoms. The van der Waals surface area contributed by atoms with Gasteiger partial charge in [-0.15, -0.1) is 11.3 Å². The normalized spacial score (nSPS) is 14.3. The predicted molar refractivity (Wildman–Crippen MR) is 125 cm³/mol. The number of amides is 1. The molecule has 0 aliphatic carbocycles. The number of ether oxygens (including phenoxy) is 1. The maximum atomic E-state index is 13.0. The maximum absolute atomic E-state index is 13.0. The molecule has 1 aliphatic rings. The van der Waals surface area contributed by atoms with E-state index in [1.165, 1.54) is 12.7 Å². The minimum absolute atomic E-state index is 0.211. The first-order valence-corrected chi connectivity index (χ1v) is 10.7. The van der Waals surface area contributed by atoms with E-state index in [0.717, 1.165) is 28.4 Å². The highest BCUT2D eigenvalue weighted by atomic mass is 32.1. The highest BCUT2D eigenvalue weighted by Gasteiger charge is 2.29. The Hall–Kier alpha value is -3.42. The van der Waals surface area contributed by atoms with Crippen molar-refractivity contribution in [2.75, 3.05) is 31.8 Å². The van der Waals surface area contributed by atoms with Gasteiger partial charge in [-0.25, -0.2) is 4.79 Å². The summed E-state index contributed by atoms with van der Waals surface area (Å²) in [7, 11) is 5.41. The maximum Gasteiger partial charge on any atom is 0.337 e. The monoisotopic (exact) mass is 433 g/mol. The Morgan fingerprint density at radius 3 is 2.55 bits per heavy atom. The molecule has 6 nitrogen and oxygen atoms in total. The Morgan fingerprint density at radius 2 is 1.90 bits per heavy atom. The lowest BCUT2D eigenvalue weighted by molar-refractivity contribution is -0.110. The van der Waals surface area contributed by atoms with Crippen LogP contribution in [0.3, 0.4) is 0 Å². The standard InChI is InChI=1S/C24H23N3O3S/c1-27(2)14-15-6-9-17(10-7-15)25-22(20-5-4-12-31-20)21-18-11-8-16(24(29)30-3)13-19(18)26-23(21)28/h4-13,25H,14H2,1-3H3,(H,26,28). The van der Waals surface area contributed by atoms with Gasteiger partial charge in [0.2, 0.25) is 0 Å². The molecule has 0 unspecified atom stereocenters. The summed E-state index contributed by atoms with van der Waals surface area (Å²) >= 11 is 1.56. The van der Waals surface area contributed by atoms with Crippen LogP contribution in [0.5, 0.6) is 0 Å². The minimum Gasteiger partial charge on any atom is -0.465 e. The van der Waals surface area contributed by atoms with Gasteiger partial charge in [-0.1, -0.05) is 24.3 Å². The zero-order valence-corrected chi connectivity index (χ0v) is 18.4. The van der Waals surface area contributed by atoms with Crippen LogP contribution >= 0.6 is 11.3 Å². The molecule has 2 N–H and O–H groups in total. The molecule has 0 spiro atoms. The molecule has 158 valence electrons. The Kier molecular flexibility index (Phi) is 5.88. The number of nitrogens with one attached hydrogen (secondary N) is 2. The van der Waals surface area contributed by atoms with Gasteiger partial charge in [-0.3, -0.25) is 4.79 Å². The van der Waals surface area contributed by atoms with Crippen molar-refractivity contribution >= 4 is 45.9 Å². The van der Waals surface area contributed by atoms with Gasteiger partial charge in [0, 0.05) is 17.8 Å². The van der Waals surface area contributed by atoms with Gasteiger partial charge in [-0.05, 0) is 55.4 Å². The molecular weight excluding hydrogens is 410 g/mol. The summed E-state index contributed by atoms with van der Waals surface area (Å²) in [6.07, 6.45) is 0. The van der Waals surface area contributed by atoms with E-state index in [4.69, 9.17) is 4.74 Å². The summed E-state index contributed by atoms with van der Waals surface area (Å²) in [6.45, 7) is 0.859. The topological polar surface area (TPSA) is 70.7 Å². The lowest BCUT2D eigenvalue weighted by Gasteiger charge is -2.14. The predicted octanol–water partition coefficient (Wildman–Crippen LogP) is 4.53. The van der Waals surface area contributed by atoms with Crippen LogP contribution < -0.4 is 10.6 Å². The smallest absolute Gasteiger partial charge is 0.337 e. The third-order valence-electron chi connectivity index (χ3n) is 4.92. The SMILES string of the molecule is COC(=O)c1ccc2c(c1)NC(=O)C2=C(Nc1ccc(CN(C)C)cc1)c1cccs1. The van der Waals surface area contributed by atoms with Crippen molar-refractivity contribution in [3.8, 4) is 0 Å². The van der Waals surface area contributed by atoms with Gasteiger partial charge in [0.1, 0.15) is 0 Å². The largest absolute Gasteiger partial charge is 0.465 e. The van der Waals surface area contributed by atoms with E-state index in [1.807, 2.05) is 43.7 Å². The van der Waals surface area contributed by atoms with E-state index < -0.39 is 5.97 Å². The van der Waals surface area contributed by atoms with Crippen LogP contribution in [-0.4, -0.2) is 38.0 Å². The van der Waals surface area contributed by atoms with Crippen LogP contribution in [-0.2, 0) is 16.1 Å². The van der Waals surface area contributed by atoms with Crippen molar-refractivity contribution in [3.63, 3.8) is 0 Å². The van der Waals surface area contributed by atoms with Gasteiger partial charge >= 0.3 is 5.97 Å². The number of hydrogen-bond donors (Lipinski definition) is 2. The quantitative estimate of drug-likeness (QED) is 0.442. The fourth-order valence-electron chi connectivity index (χ4n) is 3.54.